The van der Waals surface area contributed by atoms with E-state index in [1.165, 1.54) is 0 Å². The maximum Gasteiger partial charge on any atom is 0.183 e. The molecule has 0 radical (unpaired) electrons. The Morgan fingerprint density at radius 3 is 2.94 bits per heavy atom. The summed E-state index contributed by atoms with van der Waals surface area (Å²) in [6.45, 7) is 2.82. The van der Waals surface area contributed by atoms with Crippen LogP contribution in [0.15, 0.2) is 24.3 Å². The van der Waals surface area contributed by atoms with E-state index in [-0.39, 0.29) is 0 Å². The Kier molecular flexibility index (Phi) is 4.16. The maximum absolute atomic E-state index is 10.1. The molecule has 5 heteroatoms. The van der Waals surface area contributed by atoms with Crippen molar-refractivity contribution in [3.05, 3.63) is 24.3 Å². The van der Waals surface area contributed by atoms with Gasteiger partial charge in [0.15, 0.2) is 5.13 Å². The number of methoxy groups -OCH3 is 1. The number of rotatable bonds is 6. The van der Waals surface area contributed by atoms with Gasteiger partial charge in [-0.25, -0.2) is 4.98 Å². The highest BCUT2D eigenvalue weighted by Gasteiger charge is 2.20. The van der Waals surface area contributed by atoms with E-state index in [4.69, 9.17) is 4.74 Å². The SMILES string of the molecule is COCCC(C)(O)CNc1nc2ccccc2s1. The third-order valence-corrected chi connectivity index (χ3v) is 3.75. The zero-order valence-corrected chi connectivity index (χ0v) is 11.5. The lowest BCUT2D eigenvalue weighted by atomic mass is 10.0. The molecule has 1 unspecified atom stereocenters. The van der Waals surface area contributed by atoms with Crippen LogP contribution in [0.4, 0.5) is 5.13 Å². The Morgan fingerprint density at radius 1 is 1.44 bits per heavy atom. The molecular formula is C13H18N2O2S. The summed E-state index contributed by atoms with van der Waals surface area (Å²) < 4.78 is 6.13. The fourth-order valence-corrected chi connectivity index (χ4v) is 2.49. The molecule has 1 aromatic carbocycles. The van der Waals surface area contributed by atoms with E-state index in [9.17, 15) is 5.11 Å². The maximum atomic E-state index is 10.1. The standard InChI is InChI=1S/C13H18N2O2S/c1-13(16,7-8-17-2)9-14-12-15-10-5-3-4-6-11(10)18-12/h3-6,16H,7-9H2,1-2H3,(H,14,15). The van der Waals surface area contributed by atoms with Crippen LogP contribution in [0.5, 0.6) is 0 Å². The molecule has 0 fully saturated rings. The average Bonchev–Trinajstić information content (AvgIpc) is 2.77. The number of aromatic nitrogens is 1. The molecule has 2 N–H and O–H groups in total. The van der Waals surface area contributed by atoms with Gasteiger partial charge in [-0.05, 0) is 19.1 Å². The summed E-state index contributed by atoms with van der Waals surface area (Å²) in [5.74, 6) is 0. The molecule has 0 bridgehead atoms. The molecule has 1 atom stereocenters. The molecule has 0 amide bonds. The minimum absolute atomic E-state index is 0.468. The molecule has 4 nitrogen and oxygen atoms in total. The summed E-state index contributed by atoms with van der Waals surface area (Å²) in [4.78, 5) is 4.46. The van der Waals surface area contributed by atoms with E-state index in [1.807, 2.05) is 24.3 Å². The first kappa shape index (κ1) is 13.3. The van der Waals surface area contributed by atoms with Crippen LogP contribution >= 0.6 is 11.3 Å². The highest BCUT2D eigenvalue weighted by atomic mass is 32.1. The van der Waals surface area contributed by atoms with Crippen molar-refractivity contribution >= 4 is 26.7 Å². The number of nitrogens with zero attached hydrogens (tertiary/aromatic N) is 1. The molecule has 0 aliphatic rings. The van der Waals surface area contributed by atoms with Crippen LogP contribution < -0.4 is 5.32 Å². The molecule has 98 valence electrons. The quantitative estimate of drug-likeness (QED) is 0.843. The van der Waals surface area contributed by atoms with Crippen LogP contribution in [0.1, 0.15) is 13.3 Å². The van der Waals surface area contributed by atoms with Gasteiger partial charge < -0.3 is 15.2 Å². The Labute approximate surface area is 111 Å². The lowest BCUT2D eigenvalue weighted by Crippen LogP contribution is -2.34. The van der Waals surface area contributed by atoms with E-state index in [1.54, 1.807) is 25.4 Å². The number of hydrogen-bond acceptors (Lipinski definition) is 5. The van der Waals surface area contributed by atoms with Crippen LogP contribution in [0.3, 0.4) is 0 Å². The van der Waals surface area contributed by atoms with E-state index in [0.29, 0.717) is 19.6 Å². The van der Waals surface area contributed by atoms with Gasteiger partial charge in [0.2, 0.25) is 0 Å². The molecule has 0 spiro atoms. The average molecular weight is 266 g/mol. The number of aliphatic hydroxyl groups is 1. The van der Waals surface area contributed by atoms with Crippen LogP contribution in [0.25, 0.3) is 10.2 Å². The predicted octanol–water partition coefficient (Wildman–Crippen LogP) is 2.50. The van der Waals surface area contributed by atoms with Crippen LogP contribution in [-0.2, 0) is 4.74 Å². The zero-order chi connectivity index (χ0) is 13.0. The number of hydrogen-bond donors (Lipinski definition) is 2. The second-order valence-corrected chi connectivity index (χ2v) is 5.61. The van der Waals surface area contributed by atoms with Crippen molar-refractivity contribution in [2.45, 2.75) is 18.9 Å². The molecule has 0 aliphatic carbocycles. The molecule has 2 rings (SSSR count). The molecule has 0 aliphatic heterocycles. The molecule has 1 heterocycles. The van der Waals surface area contributed by atoms with Crippen LogP contribution in [-0.4, -0.2) is 36.0 Å². The van der Waals surface area contributed by atoms with E-state index in [2.05, 4.69) is 10.3 Å². The normalized spacial score (nSPS) is 14.6. The highest BCUT2D eigenvalue weighted by molar-refractivity contribution is 7.22. The van der Waals surface area contributed by atoms with Crippen LogP contribution in [0, 0.1) is 0 Å². The van der Waals surface area contributed by atoms with Gasteiger partial charge in [-0.1, -0.05) is 23.5 Å². The Hall–Kier alpha value is -1.17. The number of nitrogens with one attached hydrogen (secondary N) is 1. The Morgan fingerprint density at radius 2 is 2.22 bits per heavy atom. The first-order chi connectivity index (χ1) is 8.61. The van der Waals surface area contributed by atoms with Crippen molar-refractivity contribution in [3.63, 3.8) is 0 Å². The molecule has 18 heavy (non-hydrogen) atoms. The number of para-hydroxylation sites is 1. The smallest absolute Gasteiger partial charge is 0.183 e. The third-order valence-electron chi connectivity index (χ3n) is 2.76. The van der Waals surface area contributed by atoms with Crippen molar-refractivity contribution in [2.24, 2.45) is 0 Å². The van der Waals surface area contributed by atoms with Crippen molar-refractivity contribution in [2.75, 3.05) is 25.6 Å². The van der Waals surface area contributed by atoms with E-state index >= 15 is 0 Å². The van der Waals surface area contributed by atoms with Gasteiger partial charge >= 0.3 is 0 Å². The summed E-state index contributed by atoms with van der Waals surface area (Å²) >= 11 is 1.60. The van der Waals surface area contributed by atoms with Gasteiger partial charge in [0, 0.05) is 26.7 Å². The second-order valence-electron chi connectivity index (χ2n) is 4.58. The fourth-order valence-electron chi connectivity index (χ4n) is 1.62. The highest BCUT2D eigenvalue weighted by Crippen LogP contribution is 2.25. The summed E-state index contributed by atoms with van der Waals surface area (Å²) in [6, 6.07) is 8.00. The van der Waals surface area contributed by atoms with Crippen molar-refractivity contribution in [3.8, 4) is 0 Å². The molecule has 1 aromatic heterocycles. The number of anilines is 1. The van der Waals surface area contributed by atoms with Gasteiger partial charge in [-0.3, -0.25) is 0 Å². The Bertz CT molecular complexity index is 477. The summed E-state index contributed by atoms with van der Waals surface area (Å²) in [5.41, 5.74) is 0.204. The third kappa shape index (κ3) is 3.41. The molecule has 0 saturated carbocycles. The van der Waals surface area contributed by atoms with Gasteiger partial charge in [0.05, 0.1) is 15.8 Å². The predicted molar refractivity (Wildman–Crippen MR) is 75.2 cm³/mol. The largest absolute Gasteiger partial charge is 0.388 e. The monoisotopic (exact) mass is 266 g/mol. The summed E-state index contributed by atoms with van der Waals surface area (Å²) in [5, 5.41) is 14.1. The lowest BCUT2D eigenvalue weighted by molar-refractivity contribution is 0.0357. The molecule has 0 saturated heterocycles. The first-order valence-electron chi connectivity index (χ1n) is 5.91. The molecular weight excluding hydrogens is 248 g/mol. The topological polar surface area (TPSA) is 54.4 Å². The van der Waals surface area contributed by atoms with E-state index in [0.717, 1.165) is 15.3 Å². The zero-order valence-electron chi connectivity index (χ0n) is 10.6. The summed E-state index contributed by atoms with van der Waals surface area (Å²) in [6.07, 6.45) is 0.599. The Balaban J connectivity index is 1.97. The number of benzene rings is 1. The van der Waals surface area contributed by atoms with Crippen LogP contribution in [0.2, 0.25) is 0 Å². The fraction of sp³-hybridized carbons (Fsp3) is 0.462. The minimum Gasteiger partial charge on any atom is -0.388 e. The van der Waals surface area contributed by atoms with Gasteiger partial charge in [-0.15, -0.1) is 0 Å². The van der Waals surface area contributed by atoms with Crippen molar-refractivity contribution in [1.82, 2.24) is 4.98 Å². The van der Waals surface area contributed by atoms with Gasteiger partial charge in [0.25, 0.3) is 0 Å². The lowest BCUT2D eigenvalue weighted by Gasteiger charge is -2.22. The second kappa shape index (κ2) is 5.65. The van der Waals surface area contributed by atoms with Gasteiger partial charge in [-0.2, -0.15) is 0 Å². The number of thiazole rings is 1. The van der Waals surface area contributed by atoms with E-state index < -0.39 is 5.60 Å². The number of ether oxygens (including phenoxy) is 1. The molecule has 2 aromatic rings. The van der Waals surface area contributed by atoms with Crippen molar-refractivity contribution < 1.29 is 9.84 Å². The van der Waals surface area contributed by atoms with Crippen molar-refractivity contribution in [1.29, 1.82) is 0 Å². The summed E-state index contributed by atoms with van der Waals surface area (Å²) in [7, 11) is 1.64. The number of fused-ring (bicyclic) bond motifs is 1. The van der Waals surface area contributed by atoms with Gasteiger partial charge in [0.1, 0.15) is 0 Å². The first-order valence-corrected chi connectivity index (χ1v) is 6.73. The minimum atomic E-state index is -0.784.